The molecule has 1 amide bonds. The van der Waals surface area contributed by atoms with Gasteiger partial charge in [-0.25, -0.2) is 0 Å². The number of nitrogens with zero attached hydrogens (tertiary/aromatic N) is 2. The summed E-state index contributed by atoms with van der Waals surface area (Å²) in [5.41, 5.74) is 5.51. The van der Waals surface area contributed by atoms with Crippen LogP contribution in [-0.2, 0) is 11.3 Å². The molecule has 0 radical (unpaired) electrons. The van der Waals surface area contributed by atoms with Crippen LogP contribution in [0.25, 0.3) is 0 Å². The van der Waals surface area contributed by atoms with Crippen LogP contribution < -0.4 is 15.0 Å². The fourth-order valence-corrected chi connectivity index (χ4v) is 4.17. The quantitative estimate of drug-likeness (QED) is 0.756. The zero-order valence-corrected chi connectivity index (χ0v) is 18.1. The lowest BCUT2D eigenvalue weighted by Crippen LogP contribution is -2.30. The highest BCUT2D eigenvalue weighted by Gasteiger charge is 2.12. The molecule has 0 spiro atoms. The van der Waals surface area contributed by atoms with E-state index in [1.165, 1.54) is 30.5 Å². The zero-order valence-electron chi connectivity index (χ0n) is 18.1. The molecule has 0 atom stereocenters. The van der Waals surface area contributed by atoms with Crippen LogP contribution in [0.4, 0.5) is 11.4 Å². The largest absolute Gasteiger partial charge is 0.496 e. The van der Waals surface area contributed by atoms with Crippen molar-refractivity contribution in [1.29, 1.82) is 0 Å². The third kappa shape index (κ3) is 5.73. The number of hydrogen-bond acceptors (Lipinski definition) is 4. The van der Waals surface area contributed by atoms with Crippen LogP contribution in [0.5, 0.6) is 5.75 Å². The second kappa shape index (κ2) is 9.79. The Bertz CT molecular complexity index is 804. The number of carbonyl (C=O) groups excluding carboxylic acids is 1. The van der Waals surface area contributed by atoms with Crippen molar-refractivity contribution in [2.75, 3.05) is 44.0 Å². The van der Waals surface area contributed by atoms with Crippen LogP contribution in [0, 0.1) is 13.8 Å². The molecule has 1 aliphatic heterocycles. The van der Waals surface area contributed by atoms with Crippen molar-refractivity contribution < 1.29 is 9.53 Å². The minimum Gasteiger partial charge on any atom is -0.496 e. The second-order valence-corrected chi connectivity index (χ2v) is 8.08. The predicted molar refractivity (Wildman–Crippen MR) is 120 cm³/mol. The number of ether oxygens (including phenoxy) is 1. The summed E-state index contributed by atoms with van der Waals surface area (Å²) in [7, 11) is 3.67. The third-order valence-corrected chi connectivity index (χ3v) is 5.46. The number of methoxy groups -OCH3 is 1. The molecular weight excluding hydrogens is 362 g/mol. The number of likely N-dealkylation sites (N-methyl/N-ethyl adjacent to an activating group) is 1. The van der Waals surface area contributed by atoms with E-state index in [9.17, 15) is 4.79 Å². The molecule has 5 nitrogen and oxygen atoms in total. The number of hydrogen-bond donors (Lipinski definition) is 1. The summed E-state index contributed by atoms with van der Waals surface area (Å²) in [5.74, 6) is 0.933. The van der Waals surface area contributed by atoms with Gasteiger partial charge in [-0.2, -0.15) is 0 Å². The van der Waals surface area contributed by atoms with Gasteiger partial charge in [-0.15, -0.1) is 0 Å². The highest BCUT2D eigenvalue weighted by molar-refractivity contribution is 5.92. The van der Waals surface area contributed by atoms with Gasteiger partial charge in [0.05, 0.1) is 13.7 Å². The van der Waals surface area contributed by atoms with Crippen LogP contribution in [0.3, 0.4) is 0 Å². The lowest BCUT2D eigenvalue weighted by Gasteiger charge is -2.28. The molecule has 0 aromatic heterocycles. The first-order chi connectivity index (χ1) is 14.0. The molecule has 1 fully saturated rings. The van der Waals surface area contributed by atoms with E-state index in [1.807, 2.05) is 24.1 Å². The Hall–Kier alpha value is -2.53. The highest BCUT2D eigenvalue weighted by Crippen LogP contribution is 2.25. The normalized spacial score (nSPS) is 14.2. The predicted octanol–water partition coefficient (Wildman–Crippen LogP) is 4.37. The Kier molecular flexibility index (Phi) is 7.15. The average Bonchev–Trinajstić information content (AvgIpc) is 2.69. The average molecular weight is 396 g/mol. The maximum Gasteiger partial charge on any atom is 0.238 e. The summed E-state index contributed by atoms with van der Waals surface area (Å²) in [6.07, 6.45) is 3.85. The van der Waals surface area contributed by atoms with Gasteiger partial charge in [-0.3, -0.25) is 9.69 Å². The Balaban J connectivity index is 1.52. The summed E-state index contributed by atoms with van der Waals surface area (Å²) >= 11 is 0. The number of rotatable bonds is 7. The molecule has 1 saturated heterocycles. The maximum atomic E-state index is 12.5. The number of carbonyl (C=O) groups is 1. The van der Waals surface area contributed by atoms with E-state index in [2.05, 4.69) is 48.3 Å². The van der Waals surface area contributed by atoms with E-state index in [1.54, 1.807) is 7.11 Å². The van der Waals surface area contributed by atoms with Crippen molar-refractivity contribution in [2.24, 2.45) is 0 Å². The van der Waals surface area contributed by atoms with E-state index in [0.717, 1.165) is 35.7 Å². The summed E-state index contributed by atoms with van der Waals surface area (Å²) in [6, 6.07) is 12.5. The highest BCUT2D eigenvalue weighted by atomic mass is 16.5. The van der Waals surface area contributed by atoms with Gasteiger partial charge in [0, 0.05) is 31.0 Å². The lowest BCUT2D eigenvalue weighted by atomic mass is 10.1. The van der Waals surface area contributed by atoms with E-state index in [4.69, 9.17) is 4.74 Å². The molecule has 1 aliphatic rings. The summed E-state index contributed by atoms with van der Waals surface area (Å²) < 4.78 is 5.43. The summed E-state index contributed by atoms with van der Waals surface area (Å²) in [4.78, 5) is 16.9. The fourth-order valence-electron chi connectivity index (χ4n) is 4.17. The number of anilines is 2. The number of amides is 1. The first-order valence-corrected chi connectivity index (χ1v) is 10.4. The van der Waals surface area contributed by atoms with E-state index in [-0.39, 0.29) is 5.91 Å². The van der Waals surface area contributed by atoms with E-state index >= 15 is 0 Å². The van der Waals surface area contributed by atoms with Crippen molar-refractivity contribution in [3.8, 4) is 5.75 Å². The topological polar surface area (TPSA) is 44.8 Å². The standard InChI is InChI=1S/C24H33N3O2/c1-18-14-20(15-19(2)24(18)29-4)16-26(3)17-23(28)25-21-8-10-22(11-9-21)27-12-6-5-7-13-27/h8-11,14-15H,5-7,12-13,16-17H2,1-4H3,(H,25,28). The van der Waals surface area contributed by atoms with Crippen LogP contribution in [0.2, 0.25) is 0 Å². The first kappa shape index (κ1) is 21.2. The molecular formula is C24H33N3O2. The Morgan fingerprint density at radius 2 is 1.69 bits per heavy atom. The molecule has 0 saturated carbocycles. The van der Waals surface area contributed by atoms with Gasteiger partial charge < -0.3 is 15.0 Å². The Labute approximate surface area is 174 Å². The number of piperidine rings is 1. The Morgan fingerprint density at radius 1 is 1.07 bits per heavy atom. The van der Waals surface area contributed by atoms with Crippen molar-refractivity contribution in [3.63, 3.8) is 0 Å². The molecule has 1 heterocycles. The van der Waals surface area contributed by atoms with E-state index < -0.39 is 0 Å². The molecule has 0 unspecified atom stereocenters. The Morgan fingerprint density at radius 3 is 2.28 bits per heavy atom. The molecule has 0 bridgehead atoms. The molecule has 3 rings (SSSR count). The van der Waals surface area contributed by atoms with Crippen LogP contribution in [-0.4, -0.2) is 44.6 Å². The summed E-state index contributed by atoms with van der Waals surface area (Å²) in [6.45, 7) is 7.41. The number of nitrogens with one attached hydrogen (secondary N) is 1. The molecule has 5 heteroatoms. The van der Waals surface area contributed by atoms with Gasteiger partial charge in [0.2, 0.25) is 5.91 Å². The molecule has 0 aliphatic carbocycles. The van der Waals surface area contributed by atoms with Gasteiger partial charge in [0.1, 0.15) is 5.75 Å². The molecule has 2 aromatic carbocycles. The van der Waals surface area contributed by atoms with Gasteiger partial charge in [-0.1, -0.05) is 12.1 Å². The lowest BCUT2D eigenvalue weighted by molar-refractivity contribution is -0.117. The second-order valence-electron chi connectivity index (χ2n) is 8.08. The smallest absolute Gasteiger partial charge is 0.238 e. The minimum atomic E-state index is 0.000165. The SMILES string of the molecule is COc1c(C)cc(CN(C)CC(=O)Nc2ccc(N3CCCCC3)cc2)cc1C. The van der Waals surface area contributed by atoms with Gasteiger partial charge in [0.25, 0.3) is 0 Å². The van der Waals surface area contributed by atoms with Gasteiger partial charge in [0.15, 0.2) is 0 Å². The number of benzene rings is 2. The van der Waals surface area contributed by atoms with Crippen LogP contribution in [0.1, 0.15) is 36.0 Å². The van der Waals surface area contributed by atoms with Crippen molar-refractivity contribution in [2.45, 2.75) is 39.7 Å². The van der Waals surface area contributed by atoms with Gasteiger partial charge >= 0.3 is 0 Å². The molecule has 1 N–H and O–H groups in total. The van der Waals surface area contributed by atoms with Crippen LogP contribution >= 0.6 is 0 Å². The van der Waals surface area contributed by atoms with Crippen LogP contribution in [0.15, 0.2) is 36.4 Å². The monoisotopic (exact) mass is 395 g/mol. The van der Waals surface area contributed by atoms with Crippen molar-refractivity contribution >= 4 is 17.3 Å². The first-order valence-electron chi connectivity index (χ1n) is 10.4. The van der Waals surface area contributed by atoms with Crippen molar-refractivity contribution in [1.82, 2.24) is 4.90 Å². The molecule has 2 aromatic rings. The van der Waals surface area contributed by atoms with Gasteiger partial charge in [-0.05, 0) is 81.1 Å². The van der Waals surface area contributed by atoms with Crippen molar-refractivity contribution in [3.05, 3.63) is 53.1 Å². The maximum absolute atomic E-state index is 12.5. The zero-order chi connectivity index (χ0) is 20.8. The van der Waals surface area contributed by atoms with E-state index in [0.29, 0.717) is 13.1 Å². The third-order valence-electron chi connectivity index (χ3n) is 5.46. The molecule has 156 valence electrons. The minimum absolute atomic E-state index is 0.000165. The fraction of sp³-hybridized carbons (Fsp3) is 0.458. The number of aryl methyl sites for hydroxylation is 2. The molecule has 29 heavy (non-hydrogen) atoms. The summed E-state index contributed by atoms with van der Waals surface area (Å²) in [5, 5.41) is 3.01.